The molecular weight excluding hydrogens is 254 g/mol. The molecule has 0 fully saturated rings. The molecule has 1 amide bonds. The number of carbonyl (C=O) groups is 1. The summed E-state index contributed by atoms with van der Waals surface area (Å²) in [6.07, 6.45) is 3.69. The van der Waals surface area contributed by atoms with E-state index in [1.165, 1.54) is 17.5 Å². The fraction of sp³-hybridized carbons (Fsp3) is 0.267. The highest BCUT2D eigenvalue weighted by Crippen LogP contribution is 2.28. The first-order valence-electron chi connectivity index (χ1n) is 6.69. The Hall–Kier alpha value is -2.27. The summed E-state index contributed by atoms with van der Waals surface area (Å²) in [7, 11) is 0. The number of anilines is 1. The number of furan rings is 1. The summed E-state index contributed by atoms with van der Waals surface area (Å²) in [6.45, 7) is 1.66. The van der Waals surface area contributed by atoms with Crippen LogP contribution in [0.1, 0.15) is 28.1 Å². The topological polar surface area (TPSA) is 71.5 Å². The summed E-state index contributed by atoms with van der Waals surface area (Å²) < 4.78 is 5.45. The van der Waals surface area contributed by atoms with E-state index in [1.807, 2.05) is 6.07 Å². The number of para-hydroxylation sites is 1. The van der Waals surface area contributed by atoms with Gasteiger partial charge in [0.05, 0.1) is 12.1 Å². The van der Waals surface area contributed by atoms with Crippen molar-refractivity contribution in [2.24, 2.45) is 5.84 Å². The Morgan fingerprint density at radius 2 is 2.25 bits per heavy atom. The number of hydrogen-bond acceptors (Lipinski definition) is 4. The highest BCUT2D eigenvalue weighted by atomic mass is 16.3. The molecule has 20 heavy (non-hydrogen) atoms. The lowest BCUT2D eigenvalue weighted by Crippen LogP contribution is -2.30. The van der Waals surface area contributed by atoms with Gasteiger partial charge in [-0.2, -0.15) is 0 Å². The first kappa shape index (κ1) is 12.7. The van der Waals surface area contributed by atoms with Gasteiger partial charge in [-0.1, -0.05) is 18.2 Å². The first-order valence-corrected chi connectivity index (χ1v) is 6.69. The zero-order chi connectivity index (χ0) is 13.9. The standard InChI is InChI=1S/C15H17N3O2/c16-17-15(19)12-8-13(20-10-12)9-18-7-3-5-11-4-1-2-6-14(11)18/h1-2,4,6,8,10H,3,5,7,9,16H2,(H,17,19). The van der Waals surface area contributed by atoms with Crippen LogP contribution in [0.3, 0.4) is 0 Å². The van der Waals surface area contributed by atoms with Crippen molar-refractivity contribution in [3.8, 4) is 0 Å². The Morgan fingerprint density at radius 1 is 1.40 bits per heavy atom. The van der Waals surface area contributed by atoms with Crippen LogP contribution in [0.5, 0.6) is 0 Å². The number of rotatable bonds is 3. The van der Waals surface area contributed by atoms with Crippen molar-refractivity contribution in [2.45, 2.75) is 19.4 Å². The lowest BCUT2D eigenvalue weighted by Gasteiger charge is -2.30. The van der Waals surface area contributed by atoms with Gasteiger partial charge in [0.1, 0.15) is 12.0 Å². The van der Waals surface area contributed by atoms with E-state index in [-0.39, 0.29) is 5.91 Å². The minimum atomic E-state index is -0.334. The van der Waals surface area contributed by atoms with Crippen LogP contribution in [-0.4, -0.2) is 12.5 Å². The molecule has 3 N–H and O–H groups in total. The Kier molecular flexibility index (Phi) is 3.43. The van der Waals surface area contributed by atoms with Crippen LogP contribution >= 0.6 is 0 Å². The monoisotopic (exact) mass is 271 g/mol. The SMILES string of the molecule is NNC(=O)c1coc(CN2CCCc3ccccc32)c1. The van der Waals surface area contributed by atoms with Gasteiger partial charge in [0.2, 0.25) is 0 Å². The number of nitrogens with two attached hydrogens (primary N) is 1. The molecular formula is C15H17N3O2. The number of amides is 1. The molecule has 104 valence electrons. The first-order chi connectivity index (χ1) is 9.78. The van der Waals surface area contributed by atoms with Gasteiger partial charge in [0.15, 0.2) is 0 Å². The van der Waals surface area contributed by atoms with Gasteiger partial charge in [0.25, 0.3) is 5.91 Å². The lowest BCUT2D eigenvalue weighted by atomic mass is 10.0. The molecule has 1 aromatic carbocycles. The van der Waals surface area contributed by atoms with Crippen molar-refractivity contribution in [3.63, 3.8) is 0 Å². The van der Waals surface area contributed by atoms with E-state index < -0.39 is 0 Å². The third-order valence-corrected chi connectivity index (χ3v) is 3.60. The average molecular weight is 271 g/mol. The molecule has 0 unspecified atom stereocenters. The molecule has 5 heteroatoms. The minimum Gasteiger partial charge on any atom is -0.467 e. The third-order valence-electron chi connectivity index (χ3n) is 3.60. The van der Waals surface area contributed by atoms with Crippen molar-refractivity contribution >= 4 is 11.6 Å². The minimum absolute atomic E-state index is 0.334. The molecule has 1 aliphatic rings. The predicted molar refractivity (Wildman–Crippen MR) is 76.2 cm³/mol. The fourth-order valence-electron chi connectivity index (χ4n) is 2.63. The van der Waals surface area contributed by atoms with Gasteiger partial charge in [-0.3, -0.25) is 10.2 Å². The molecule has 0 saturated heterocycles. The molecule has 0 atom stereocenters. The van der Waals surface area contributed by atoms with Gasteiger partial charge in [-0.25, -0.2) is 5.84 Å². The van der Waals surface area contributed by atoms with Crippen molar-refractivity contribution in [1.29, 1.82) is 0 Å². The van der Waals surface area contributed by atoms with Crippen LogP contribution in [0.15, 0.2) is 41.0 Å². The number of benzene rings is 1. The molecule has 1 aromatic heterocycles. The van der Waals surface area contributed by atoms with Crippen molar-refractivity contribution in [1.82, 2.24) is 5.43 Å². The Morgan fingerprint density at radius 3 is 3.10 bits per heavy atom. The number of nitrogens with one attached hydrogen (secondary N) is 1. The molecule has 0 radical (unpaired) electrons. The van der Waals surface area contributed by atoms with E-state index in [0.29, 0.717) is 12.1 Å². The molecule has 1 aliphatic heterocycles. The van der Waals surface area contributed by atoms with E-state index in [4.69, 9.17) is 10.3 Å². The molecule has 3 rings (SSSR count). The number of nitrogens with zero attached hydrogens (tertiary/aromatic N) is 1. The van der Waals surface area contributed by atoms with Crippen molar-refractivity contribution in [2.75, 3.05) is 11.4 Å². The maximum absolute atomic E-state index is 11.4. The molecule has 2 heterocycles. The zero-order valence-corrected chi connectivity index (χ0v) is 11.1. The third kappa shape index (κ3) is 2.40. The Bertz CT molecular complexity index is 621. The van der Waals surface area contributed by atoms with Crippen LogP contribution in [0.4, 0.5) is 5.69 Å². The van der Waals surface area contributed by atoms with E-state index in [0.717, 1.165) is 25.1 Å². The Balaban J connectivity index is 1.79. The summed E-state index contributed by atoms with van der Waals surface area (Å²) in [6, 6.07) is 10.1. The second kappa shape index (κ2) is 5.38. The number of carbonyl (C=O) groups excluding carboxylic acids is 1. The predicted octanol–water partition coefficient (Wildman–Crippen LogP) is 1.84. The number of aryl methyl sites for hydroxylation is 1. The zero-order valence-electron chi connectivity index (χ0n) is 11.1. The van der Waals surface area contributed by atoms with Crippen molar-refractivity contribution < 1.29 is 9.21 Å². The normalized spacial score (nSPS) is 13.9. The van der Waals surface area contributed by atoms with Crippen LogP contribution in [0.2, 0.25) is 0 Å². The highest BCUT2D eigenvalue weighted by Gasteiger charge is 2.18. The van der Waals surface area contributed by atoms with Gasteiger partial charge in [-0.05, 0) is 30.5 Å². The van der Waals surface area contributed by atoms with Gasteiger partial charge in [0, 0.05) is 12.2 Å². The van der Waals surface area contributed by atoms with Gasteiger partial charge >= 0.3 is 0 Å². The van der Waals surface area contributed by atoms with Crippen molar-refractivity contribution in [3.05, 3.63) is 53.5 Å². The van der Waals surface area contributed by atoms with Gasteiger partial charge in [-0.15, -0.1) is 0 Å². The molecule has 5 nitrogen and oxygen atoms in total. The van der Waals surface area contributed by atoms with E-state index in [1.54, 1.807) is 6.07 Å². The number of hydrazine groups is 1. The summed E-state index contributed by atoms with van der Waals surface area (Å²) >= 11 is 0. The number of hydrogen-bond donors (Lipinski definition) is 2. The largest absolute Gasteiger partial charge is 0.467 e. The number of fused-ring (bicyclic) bond motifs is 1. The fourth-order valence-corrected chi connectivity index (χ4v) is 2.63. The summed E-state index contributed by atoms with van der Waals surface area (Å²) in [4.78, 5) is 13.7. The highest BCUT2D eigenvalue weighted by molar-refractivity contribution is 5.93. The molecule has 0 saturated carbocycles. The van der Waals surface area contributed by atoms with Crippen LogP contribution < -0.4 is 16.2 Å². The molecule has 0 spiro atoms. The van der Waals surface area contributed by atoms with Crippen LogP contribution in [0.25, 0.3) is 0 Å². The lowest BCUT2D eigenvalue weighted by molar-refractivity contribution is 0.0953. The molecule has 2 aromatic rings. The van der Waals surface area contributed by atoms with E-state index in [2.05, 4.69) is 28.5 Å². The second-order valence-electron chi connectivity index (χ2n) is 4.93. The number of nitrogen functional groups attached to an aromatic ring is 1. The van der Waals surface area contributed by atoms with E-state index >= 15 is 0 Å². The average Bonchev–Trinajstić information content (AvgIpc) is 2.95. The second-order valence-corrected chi connectivity index (χ2v) is 4.93. The Labute approximate surface area is 117 Å². The quantitative estimate of drug-likeness (QED) is 0.507. The summed E-state index contributed by atoms with van der Waals surface area (Å²) in [5, 5.41) is 0. The van der Waals surface area contributed by atoms with Crippen LogP contribution in [0, 0.1) is 0 Å². The summed E-state index contributed by atoms with van der Waals surface area (Å²) in [5.74, 6) is 5.54. The molecule has 0 aliphatic carbocycles. The van der Waals surface area contributed by atoms with Crippen LogP contribution in [-0.2, 0) is 13.0 Å². The van der Waals surface area contributed by atoms with Gasteiger partial charge < -0.3 is 9.32 Å². The molecule has 0 bridgehead atoms. The maximum Gasteiger partial charge on any atom is 0.268 e. The maximum atomic E-state index is 11.4. The summed E-state index contributed by atoms with van der Waals surface area (Å²) in [5.41, 5.74) is 5.17. The van der Waals surface area contributed by atoms with E-state index in [9.17, 15) is 4.79 Å². The smallest absolute Gasteiger partial charge is 0.268 e.